The summed E-state index contributed by atoms with van der Waals surface area (Å²) in [6, 6.07) is 9.89. The number of carbonyl (C=O) groups excluding carboxylic acids is 1. The van der Waals surface area contributed by atoms with Gasteiger partial charge in [-0.25, -0.2) is 9.37 Å². The van der Waals surface area contributed by atoms with Crippen molar-refractivity contribution in [2.24, 2.45) is 5.73 Å². The van der Waals surface area contributed by atoms with Crippen molar-refractivity contribution in [2.75, 3.05) is 11.5 Å². The van der Waals surface area contributed by atoms with Crippen LogP contribution in [0.1, 0.15) is 15.9 Å². The third-order valence-corrected chi connectivity index (χ3v) is 4.13. The van der Waals surface area contributed by atoms with Gasteiger partial charge in [-0.3, -0.25) is 4.79 Å². The average molecular weight is 331 g/mol. The van der Waals surface area contributed by atoms with E-state index in [1.54, 1.807) is 0 Å². The van der Waals surface area contributed by atoms with Crippen LogP contribution in [0.5, 0.6) is 0 Å². The summed E-state index contributed by atoms with van der Waals surface area (Å²) in [5, 5.41) is 0.378. The molecule has 0 spiro atoms. The van der Waals surface area contributed by atoms with Gasteiger partial charge >= 0.3 is 0 Å². The number of aromatic nitrogens is 1. The van der Waals surface area contributed by atoms with Crippen LogP contribution in [0.25, 0.3) is 11.1 Å². The molecule has 0 aliphatic rings. The molecule has 1 aromatic heterocycles. The number of fused-ring (bicyclic) bond motifs is 1. The number of primary amides is 1. The lowest BCUT2D eigenvalue weighted by Crippen LogP contribution is -2.11. The molecular formula is C16H14FN3O2S. The van der Waals surface area contributed by atoms with Crippen LogP contribution < -0.4 is 11.5 Å². The lowest BCUT2D eigenvalue weighted by Gasteiger charge is -2.00. The summed E-state index contributed by atoms with van der Waals surface area (Å²) in [4.78, 5) is 15.5. The van der Waals surface area contributed by atoms with Crippen LogP contribution in [0.2, 0.25) is 0 Å². The van der Waals surface area contributed by atoms with Crippen molar-refractivity contribution < 1.29 is 13.6 Å². The number of benzene rings is 2. The van der Waals surface area contributed by atoms with Crippen molar-refractivity contribution in [3.8, 4) is 0 Å². The second-order valence-corrected chi connectivity index (χ2v) is 6.03. The minimum Gasteiger partial charge on any atom is -0.430 e. The molecule has 23 heavy (non-hydrogen) atoms. The molecule has 0 saturated carbocycles. The maximum atomic E-state index is 13.5. The average Bonchev–Trinajstić information content (AvgIpc) is 2.90. The van der Waals surface area contributed by atoms with E-state index in [-0.39, 0.29) is 16.7 Å². The van der Waals surface area contributed by atoms with E-state index >= 15 is 0 Å². The van der Waals surface area contributed by atoms with Crippen LogP contribution in [0.3, 0.4) is 0 Å². The molecule has 1 heterocycles. The van der Waals surface area contributed by atoms with E-state index in [2.05, 4.69) is 4.98 Å². The third kappa shape index (κ3) is 3.45. The van der Waals surface area contributed by atoms with Gasteiger partial charge in [-0.15, -0.1) is 0 Å². The number of amides is 1. The quantitative estimate of drug-likeness (QED) is 0.553. The van der Waals surface area contributed by atoms with Gasteiger partial charge in [0.15, 0.2) is 5.58 Å². The fourth-order valence-corrected chi connectivity index (χ4v) is 2.98. The number of carbonyl (C=O) groups is 1. The first-order valence-corrected chi connectivity index (χ1v) is 7.88. The van der Waals surface area contributed by atoms with E-state index in [1.165, 1.54) is 17.8 Å². The Balaban J connectivity index is 1.74. The molecule has 0 aliphatic heterocycles. The van der Waals surface area contributed by atoms with Gasteiger partial charge in [-0.2, -0.15) is 0 Å². The lowest BCUT2D eigenvalue weighted by molar-refractivity contribution is 0.100. The van der Waals surface area contributed by atoms with Crippen LogP contribution in [-0.2, 0) is 6.42 Å². The fourth-order valence-electron chi connectivity index (χ4n) is 2.16. The second-order valence-electron chi connectivity index (χ2n) is 4.99. The molecule has 0 bridgehead atoms. The topological polar surface area (TPSA) is 95.1 Å². The SMILES string of the molecule is NC(=O)c1cc(F)cc2nc(SCCc3ccc(N)cc3)oc12. The summed E-state index contributed by atoms with van der Waals surface area (Å²) in [7, 11) is 0. The lowest BCUT2D eigenvalue weighted by atomic mass is 10.2. The van der Waals surface area contributed by atoms with Crippen molar-refractivity contribution in [2.45, 2.75) is 11.6 Å². The summed E-state index contributed by atoms with van der Waals surface area (Å²) < 4.78 is 19.0. The first-order valence-electron chi connectivity index (χ1n) is 6.90. The normalized spacial score (nSPS) is 11.0. The van der Waals surface area contributed by atoms with Gasteiger partial charge in [0, 0.05) is 17.5 Å². The molecule has 5 nitrogen and oxygen atoms in total. The Kier molecular flexibility index (Phi) is 4.20. The van der Waals surface area contributed by atoms with Crippen molar-refractivity contribution >= 4 is 34.5 Å². The maximum absolute atomic E-state index is 13.5. The molecule has 0 unspecified atom stereocenters. The highest BCUT2D eigenvalue weighted by Gasteiger charge is 2.16. The second kappa shape index (κ2) is 6.29. The van der Waals surface area contributed by atoms with E-state index in [1.807, 2.05) is 24.3 Å². The Morgan fingerprint density at radius 1 is 1.26 bits per heavy atom. The highest BCUT2D eigenvalue weighted by molar-refractivity contribution is 7.99. The van der Waals surface area contributed by atoms with Crippen LogP contribution in [0.4, 0.5) is 10.1 Å². The molecule has 1 amide bonds. The van der Waals surface area contributed by atoms with Crippen molar-refractivity contribution in [1.29, 1.82) is 0 Å². The van der Waals surface area contributed by atoms with Crippen molar-refractivity contribution in [3.63, 3.8) is 0 Å². The number of anilines is 1. The summed E-state index contributed by atoms with van der Waals surface area (Å²) >= 11 is 1.39. The number of thioether (sulfide) groups is 1. The molecule has 0 saturated heterocycles. The van der Waals surface area contributed by atoms with E-state index < -0.39 is 11.7 Å². The molecule has 0 atom stereocenters. The first-order chi connectivity index (χ1) is 11.0. The van der Waals surface area contributed by atoms with Gasteiger partial charge in [-0.05, 0) is 30.2 Å². The summed E-state index contributed by atoms with van der Waals surface area (Å²) in [5.74, 6) is -0.590. The van der Waals surface area contributed by atoms with Gasteiger partial charge in [0.2, 0.25) is 0 Å². The Labute approximate surface area is 135 Å². The van der Waals surface area contributed by atoms with Gasteiger partial charge in [0.1, 0.15) is 11.3 Å². The van der Waals surface area contributed by atoms with E-state index in [9.17, 15) is 9.18 Å². The smallest absolute Gasteiger partial charge is 0.256 e. The minimum atomic E-state index is -0.746. The zero-order valence-corrected chi connectivity index (χ0v) is 12.9. The standard InChI is InChI=1S/C16H14FN3O2S/c17-10-7-12(15(19)21)14-13(8-10)20-16(22-14)23-6-5-9-1-3-11(18)4-2-9/h1-4,7-8H,5-6,18H2,(H2,19,21). The van der Waals surface area contributed by atoms with E-state index in [0.717, 1.165) is 29.5 Å². The van der Waals surface area contributed by atoms with Gasteiger partial charge in [-0.1, -0.05) is 23.9 Å². The molecule has 3 aromatic rings. The fraction of sp³-hybridized carbons (Fsp3) is 0.125. The first kappa shape index (κ1) is 15.4. The minimum absolute atomic E-state index is 0.00196. The van der Waals surface area contributed by atoms with Crippen LogP contribution in [0, 0.1) is 5.82 Å². The number of halogens is 1. The highest BCUT2D eigenvalue weighted by Crippen LogP contribution is 2.27. The monoisotopic (exact) mass is 331 g/mol. The molecule has 4 N–H and O–H groups in total. The molecule has 118 valence electrons. The Morgan fingerprint density at radius 2 is 2.00 bits per heavy atom. The number of rotatable bonds is 5. The Bertz CT molecular complexity index is 862. The number of aryl methyl sites for hydroxylation is 1. The van der Waals surface area contributed by atoms with Crippen LogP contribution in [-0.4, -0.2) is 16.6 Å². The number of hydrogen-bond acceptors (Lipinski definition) is 5. The van der Waals surface area contributed by atoms with E-state index in [4.69, 9.17) is 15.9 Å². The number of nitrogens with zero attached hydrogens (tertiary/aromatic N) is 1. The molecular weight excluding hydrogens is 317 g/mol. The molecule has 2 aromatic carbocycles. The van der Waals surface area contributed by atoms with Gasteiger partial charge in [0.25, 0.3) is 11.1 Å². The number of nitrogen functional groups attached to an aromatic ring is 1. The number of nitrogens with two attached hydrogens (primary N) is 2. The Hall–Kier alpha value is -2.54. The van der Waals surface area contributed by atoms with Gasteiger partial charge in [0.05, 0.1) is 5.56 Å². The maximum Gasteiger partial charge on any atom is 0.256 e. The summed E-state index contributed by atoms with van der Waals surface area (Å²) in [6.07, 6.45) is 0.806. The van der Waals surface area contributed by atoms with Crippen molar-refractivity contribution in [3.05, 3.63) is 53.3 Å². The van der Waals surface area contributed by atoms with Crippen LogP contribution in [0.15, 0.2) is 46.0 Å². The highest BCUT2D eigenvalue weighted by atomic mass is 32.2. The van der Waals surface area contributed by atoms with Crippen LogP contribution >= 0.6 is 11.8 Å². The number of oxazole rings is 1. The van der Waals surface area contributed by atoms with Crippen molar-refractivity contribution in [1.82, 2.24) is 4.98 Å². The predicted molar refractivity (Wildman–Crippen MR) is 87.8 cm³/mol. The molecule has 0 aliphatic carbocycles. The summed E-state index contributed by atoms with van der Waals surface area (Å²) in [5.41, 5.74) is 13.2. The molecule has 0 radical (unpaired) electrons. The largest absolute Gasteiger partial charge is 0.430 e. The third-order valence-electron chi connectivity index (χ3n) is 3.30. The predicted octanol–water partition coefficient (Wildman–Crippen LogP) is 2.98. The molecule has 0 fully saturated rings. The summed E-state index contributed by atoms with van der Waals surface area (Å²) in [6.45, 7) is 0. The number of hydrogen-bond donors (Lipinski definition) is 2. The van der Waals surface area contributed by atoms with E-state index in [0.29, 0.717) is 5.22 Å². The Morgan fingerprint density at radius 3 is 2.70 bits per heavy atom. The zero-order chi connectivity index (χ0) is 16.4. The molecule has 3 rings (SSSR count). The zero-order valence-electron chi connectivity index (χ0n) is 12.1. The van der Waals surface area contributed by atoms with Gasteiger partial charge < -0.3 is 15.9 Å². The molecule has 7 heteroatoms.